The first-order valence-corrected chi connectivity index (χ1v) is 9.59. The summed E-state index contributed by atoms with van der Waals surface area (Å²) in [6.45, 7) is 4.44. The first kappa shape index (κ1) is 17.9. The fourth-order valence-electron chi connectivity index (χ4n) is 2.43. The van der Waals surface area contributed by atoms with Crippen molar-refractivity contribution in [2.75, 3.05) is 0 Å². The summed E-state index contributed by atoms with van der Waals surface area (Å²) in [7, 11) is 0. The molecule has 0 aliphatic rings. The molecule has 0 spiro atoms. The van der Waals surface area contributed by atoms with Gasteiger partial charge in [0.05, 0.1) is 0 Å². The minimum atomic E-state index is -0.221. The maximum atomic E-state index is 14.0. The molecule has 3 aromatic rings. The number of rotatable bonds is 7. The minimum Gasteiger partial charge on any atom is -0.302 e. The van der Waals surface area contributed by atoms with Gasteiger partial charge >= 0.3 is 0 Å². The van der Waals surface area contributed by atoms with Crippen LogP contribution in [0.4, 0.5) is 4.39 Å². The van der Waals surface area contributed by atoms with Gasteiger partial charge in [0.1, 0.15) is 11.6 Å². The van der Waals surface area contributed by atoms with Crippen LogP contribution >= 0.6 is 27.7 Å². The summed E-state index contributed by atoms with van der Waals surface area (Å²) in [5.74, 6) is 1.16. The summed E-state index contributed by atoms with van der Waals surface area (Å²) in [4.78, 5) is 0. The highest BCUT2D eigenvalue weighted by molar-refractivity contribution is 9.10. The van der Waals surface area contributed by atoms with Crippen LogP contribution in [-0.2, 0) is 18.7 Å². The summed E-state index contributed by atoms with van der Waals surface area (Å²) in [6, 6.07) is 15.2. The van der Waals surface area contributed by atoms with Gasteiger partial charge in [-0.15, -0.1) is 16.8 Å². The molecule has 0 radical (unpaired) electrons. The van der Waals surface area contributed by atoms with E-state index >= 15 is 0 Å². The van der Waals surface area contributed by atoms with E-state index in [0.29, 0.717) is 24.3 Å². The van der Waals surface area contributed by atoms with Crippen LogP contribution in [-0.4, -0.2) is 14.8 Å². The van der Waals surface area contributed by atoms with Gasteiger partial charge in [-0.3, -0.25) is 0 Å². The van der Waals surface area contributed by atoms with Crippen LogP contribution in [0.3, 0.4) is 0 Å². The normalized spacial score (nSPS) is 10.8. The second kappa shape index (κ2) is 8.45. The van der Waals surface area contributed by atoms with E-state index in [9.17, 15) is 4.39 Å². The standard InChI is InChI=1S/C19H17BrFN3S/c1-2-10-24-18(11-14-6-4-3-5-7-14)22-23-19(24)25-13-15-8-9-16(20)12-17(15)21/h2-9,12H,1,10-11,13H2. The van der Waals surface area contributed by atoms with Gasteiger partial charge < -0.3 is 4.57 Å². The zero-order valence-corrected chi connectivity index (χ0v) is 15.9. The molecule has 6 heteroatoms. The predicted octanol–water partition coefficient (Wildman–Crippen LogP) is 5.25. The molecule has 3 nitrogen and oxygen atoms in total. The molecule has 3 rings (SSSR count). The zero-order valence-electron chi connectivity index (χ0n) is 13.5. The number of benzene rings is 2. The fraction of sp³-hybridized carbons (Fsp3) is 0.158. The third kappa shape index (κ3) is 4.58. The monoisotopic (exact) mass is 417 g/mol. The predicted molar refractivity (Wildman–Crippen MR) is 103 cm³/mol. The van der Waals surface area contributed by atoms with E-state index in [1.165, 1.54) is 23.4 Å². The van der Waals surface area contributed by atoms with Gasteiger partial charge in [0.15, 0.2) is 5.16 Å². The Morgan fingerprint density at radius 1 is 1.16 bits per heavy atom. The first-order chi connectivity index (χ1) is 12.2. The van der Waals surface area contributed by atoms with Crippen molar-refractivity contribution in [2.45, 2.75) is 23.9 Å². The number of hydrogen-bond acceptors (Lipinski definition) is 3. The highest BCUT2D eigenvalue weighted by atomic mass is 79.9. The van der Waals surface area contributed by atoms with Gasteiger partial charge in [-0.1, -0.05) is 70.2 Å². The van der Waals surface area contributed by atoms with E-state index in [0.717, 1.165) is 15.5 Å². The van der Waals surface area contributed by atoms with E-state index in [4.69, 9.17) is 0 Å². The van der Waals surface area contributed by atoms with Crippen molar-refractivity contribution in [1.29, 1.82) is 0 Å². The summed E-state index contributed by atoms with van der Waals surface area (Å²) >= 11 is 4.75. The largest absolute Gasteiger partial charge is 0.302 e. The molecule has 0 aliphatic heterocycles. The van der Waals surface area contributed by atoms with Crippen LogP contribution in [0.2, 0.25) is 0 Å². The Bertz CT molecular complexity index is 864. The Balaban J connectivity index is 1.78. The molecule has 0 saturated heterocycles. The third-order valence-electron chi connectivity index (χ3n) is 3.68. The van der Waals surface area contributed by atoms with Gasteiger partial charge in [0.25, 0.3) is 0 Å². The molecule has 25 heavy (non-hydrogen) atoms. The molecular weight excluding hydrogens is 401 g/mol. The van der Waals surface area contributed by atoms with Crippen LogP contribution < -0.4 is 0 Å². The van der Waals surface area contributed by atoms with Crippen LogP contribution in [0.5, 0.6) is 0 Å². The highest BCUT2D eigenvalue weighted by Crippen LogP contribution is 2.25. The lowest BCUT2D eigenvalue weighted by molar-refractivity contribution is 0.616. The second-order valence-corrected chi connectivity index (χ2v) is 7.34. The average Bonchev–Trinajstić information content (AvgIpc) is 2.97. The summed E-state index contributed by atoms with van der Waals surface area (Å²) in [6.07, 6.45) is 2.52. The molecule has 0 amide bonds. The summed E-state index contributed by atoms with van der Waals surface area (Å²) in [5.41, 5.74) is 1.82. The van der Waals surface area contributed by atoms with E-state index in [-0.39, 0.29) is 5.82 Å². The minimum absolute atomic E-state index is 0.221. The van der Waals surface area contributed by atoms with Crippen LogP contribution in [0.1, 0.15) is 17.0 Å². The van der Waals surface area contributed by atoms with Gasteiger partial charge in [-0.25, -0.2) is 4.39 Å². The molecule has 0 aliphatic carbocycles. The smallest absolute Gasteiger partial charge is 0.191 e. The topological polar surface area (TPSA) is 30.7 Å². The molecule has 128 valence electrons. The number of aromatic nitrogens is 3. The Morgan fingerprint density at radius 2 is 1.96 bits per heavy atom. The number of allylic oxidation sites excluding steroid dienone is 1. The van der Waals surface area contributed by atoms with Crippen molar-refractivity contribution in [3.63, 3.8) is 0 Å². The Hall–Kier alpha value is -1.92. The van der Waals surface area contributed by atoms with E-state index < -0.39 is 0 Å². The van der Waals surface area contributed by atoms with Crippen molar-refractivity contribution < 1.29 is 4.39 Å². The van der Waals surface area contributed by atoms with Crippen molar-refractivity contribution in [1.82, 2.24) is 14.8 Å². The molecule has 1 aromatic heterocycles. The second-order valence-electron chi connectivity index (χ2n) is 5.48. The molecule has 0 bridgehead atoms. The fourth-order valence-corrected chi connectivity index (χ4v) is 3.71. The zero-order chi connectivity index (χ0) is 17.6. The van der Waals surface area contributed by atoms with E-state index in [1.54, 1.807) is 6.07 Å². The summed E-state index contributed by atoms with van der Waals surface area (Å²) < 4.78 is 16.8. The molecule has 0 N–H and O–H groups in total. The molecule has 0 atom stereocenters. The van der Waals surface area contributed by atoms with Gasteiger partial charge in [-0.2, -0.15) is 0 Å². The lowest BCUT2D eigenvalue weighted by Crippen LogP contribution is -2.05. The Labute approximate surface area is 159 Å². The number of hydrogen-bond donors (Lipinski definition) is 0. The van der Waals surface area contributed by atoms with Crippen LogP contribution in [0, 0.1) is 5.82 Å². The lowest BCUT2D eigenvalue weighted by atomic mass is 10.1. The molecule has 0 unspecified atom stereocenters. The van der Waals surface area contributed by atoms with Crippen molar-refractivity contribution in [3.8, 4) is 0 Å². The first-order valence-electron chi connectivity index (χ1n) is 7.81. The molecule has 2 aromatic carbocycles. The van der Waals surface area contributed by atoms with Crippen LogP contribution in [0.25, 0.3) is 0 Å². The van der Waals surface area contributed by atoms with Gasteiger partial charge in [-0.05, 0) is 23.3 Å². The van der Waals surface area contributed by atoms with Gasteiger partial charge in [0, 0.05) is 23.2 Å². The number of nitrogens with zero attached hydrogens (tertiary/aromatic N) is 3. The van der Waals surface area contributed by atoms with Crippen LogP contribution in [0.15, 0.2) is 70.8 Å². The Morgan fingerprint density at radius 3 is 2.68 bits per heavy atom. The molecular formula is C19H17BrFN3S. The van der Waals surface area contributed by atoms with Crippen molar-refractivity contribution >= 4 is 27.7 Å². The highest BCUT2D eigenvalue weighted by Gasteiger charge is 2.13. The molecule has 0 saturated carbocycles. The van der Waals surface area contributed by atoms with Gasteiger partial charge in [0.2, 0.25) is 0 Å². The molecule has 0 fully saturated rings. The van der Waals surface area contributed by atoms with E-state index in [2.05, 4.69) is 44.8 Å². The van der Waals surface area contributed by atoms with Crippen molar-refractivity contribution in [3.05, 3.63) is 88.4 Å². The Kier molecular flexibility index (Phi) is 6.04. The quantitative estimate of drug-likeness (QED) is 0.388. The van der Waals surface area contributed by atoms with E-state index in [1.807, 2.05) is 34.9 Å². The SMILES string of the molecule is C=CCn1c(Cc2ccccc2)nnc1SCc1ccc(Br)cc1F. The third-order valence-corrected chi connectivity index (χ3v) is 5.19. The summed E-state index contributed by atoms with van der Waals surface area (Å²) in [5, 5.41) is 9.38. The number of thioether (sulfide) groups is 1. The molecule has 1 heterocycles. The average molecular weight is 418 g/mol. The van der Waals surface area contributed by atoms with Crippen molar-refractivity contribution in [2.24, 2.45) is 0 Å². The maximum Gasteiger partial charge on any atom is 0.191 e. The maximum absolute atomic E-state index is 14.0. The number of halogens is 2. The lowest BCUT2D eigenvalue weighted by Gasteiger charge is -2.08.